The Balaban J connectivity index is 2.21. The molecule has 1 atom stereocenters. The molecule has 0 saturated heterocycles. The summed E-state index contributed by atoms with van der Waals surface area (Å²) in [6, 6.07) is 5.58. The van der Waals surface area contributed by atoms with Crippen LogP contribution in [0.1, 0.15) is 5.69 Å². The lowest BCUT2D eigenvalue weighted by atomic mass is 10.3. The number of anilines is 1. The molecular weight excluding hydrogens is 220 g/mol. The number of rotatable bonds is 5. The number of ether oxygens (including phenoxy) is 1. The normalized spacial score (nSPS) is 12.9. The number of methoxy groups -OCH3 is 1. The highest BCUT2D eigenvalue weighted by molar-refractivity contribution is 5.44. The van der Waals surface area contributed by atoms with E-state index in [-0.39, 0.29) is 12.6 Å². The second-order valence-corrected chi connectivity index (χ2v) is 3.85. The van der Waals surface area contributed by atoms with Crippen molar-refractivity contribution in [3.05, 3.63) is 23.9 Å². The van der Waals surface area contributed by atoms with Gasteiger partial charge in [-0.25, -0.2) is 4.52 Å². The maximum atomic E-state index is 9.14. The zero-order valence-corrected chi connectivity index (χ0v) is 9.92. The SMILES string of the molecule is COCC(CO)Nc1nc2cccc(C)n2n1. The molecule has 6 heteroatoms. The van der Waals surface area contributed by atoms with Crippen molar-refractivity contribution in [3.63, 3.8) is 0 Å². The number of aromatic nitrogens is 3. The molecule has 92 valence electrons. The smallest absolute Gasteiger partial charge is 0.243 e. The van der Waals surface area contributed by atoms with Crippen molar-refractivity contribution in [1.29, 1.82) is 0 Å². The van der Waals surface area contributed by atoms with Crippen LogP contribution in [0.15, 0.2) is 18.2 Å². The number of aliphatic hydroxyl groups is 1. The molecule has 0 aliphatic rings. The molecule has 17 heavy (non-hydrogen) atoms. The Hall–Kier alpha value is -1.66. The lowest BCUT2D eigenvalue weighted by molar-refractivity contribution is 0.153. The molecule has 0 aliphatic heterocycles. The second-order valence-electron chi connectivity index (χ2n) is 3.85. The van der Waals surface area contributed by atoms with Gasteiger partial charge >= 0.3 is 0 Å². The predicted octanol–water partition coefficient (Wildman–Crippen LogP) is 0.457. The Morgan fingerprint density at radius 2 is 2.35 bits per heavy atom. The van der Waals surface area contributed by atoms with Gasteiger partial charge in [0.2, 0.25) is 5.95 Å². The van der Waals surface area contributed by atoms with Gasteiger partial charge < -0.3 is 15.2 Å². The summed E-state index contributed by atoms with van der Waals surface area (Å²) in [6.45, 7) is 2.34. The zero-order valence-electron chi connectivity index (χ0n) is 9.92. The van der Waals surface area contributed by atoms with Gasteiger partial charge in [0.25, 0.3) is 0 Å². The highest BCUT2D eigenvalue weighted by Crippen LogP contribution is 2.08. The molecule has 2 rings (SSSR count). The lowest BCUT2D eigenvalue weighted by Crippen LogP contribution is -2.29. The number of hydrogen-bond acceptors (Lipinski definition) is 5. The van der Waals surface area contributed by atoms with Crippen LogP contribution in [0, 0.1) is 6.92 Å². The number of hydrogen-bond donors (Lipinski definition) is 2. The summed E-state index contributed by atoms with van der Waals surface area (Å²) in [5.74, 6) is 0.496. The molecule has 1 unspecified atom stereocenters. The van der Waals surface area contributed by atoms with Crippen molar-refractivity contribution >= 4 is 11.6 Å². The minimum atomic E-state index is -0.197. The van der Waals surface area contributed by atoms with Crippen molar-refractivity contribution < 1.29 is 9.84 Å². The van der Waals surface area contributed by atoms with Crippen molar-refractivity contribution in [2.45, 2.75) is 13.0 Å². The average Bonchev–Trinajstić information content (AvgIpc) is 2.72. The van der Waals surface area contributed by atoms with Gasteiger partial charge in [-0.1, -0.05) is 6.07 Å². The van der Waals surface area contributed by atoms with E-state index in [1.165, 1.54) is 0 Å². The second kappa shape index (κ2) is 5.11. The zero-order chi connectivity index (χ0) is 12.3. The van der Waals surface area contributed by atoms with E-state index in [9.17, 15) is 0 Å². The van der Waals surface area contributed by atoms with Crippen LogP contribution in [0.4, 0.5) is 5.95 Å². The first-order valence-electron chi connectivity index (χ1n) is 5.43. The highest BCUT2D eigenvalue weighted by Gasteiger charge is 2.10. The summed E-state index contributed by atoms with van der Waals surface area (Å²) in [6.07, 6.45) is 0. The Morgan fingerprint density at radius 1 is 1.53 bits per heavy atom. The minimum Gasteiger partial charge on any atom is -0.394 e. The first-order chi connectivity index (χ1) is 8.24. The third-order valence-electron chi connectivity index (χ3n) is 2.47. The van der Waals surface area contributed by atoms with E-state index in [4.69, 9.17) is 9.84 Å². The van der Waals surface area contributed by atoms with Gasteiger partial charge in [-0.2, -0.15) is 4.98 Å². The number of nitrogens with zero attached hydrogens (tertiary/aromatic N) is 3. The van der Waals surface area contributed by atoms with Crippen LogP contribution in [-0.4, -0.2) is 46.1 Å². The molecule has 0 radical (unpaired) electrons. The predicted molar refractivity (Wildman–Crippen MR) is 64.1 cm³/mol. The van der Waals surface area contributed by atoms with Gasteiger partial charge in [0.05, 0.1) is 19.3 Å². The van der Waals surface area contributed by atoms with E-state index >= 15 is 0 Å². The quantitative estimate of drug-likeness (QED) is 0.789. The minimum absolute atomic E-state index is 0.0254. The Labute approximate surface area is 99.2 Å². The van der Waals surface area contributed by atoms with Crippen LogP contribution >= 0.6 is 0 Å². The highest BCUT2D eigenvalue weighted by atomic mass is 16.5. The molecule has 0 aliphatic carbocycles. The molecule has 0 amide bonds. The van der Waals surface area contributed by atoms with Gasteiger partial charge in [0.15, 0.2) is 5.65 Å². The molecule has 0 saturated carbocycles. The maximum absolute atomic E-state index is 9.14. The van der Waals surface area contributed by atoms with Gasteiger partial charge in [0, 0.05) is 12.8 Å². The molecule has 0 aromatic carbocycles. The number of aryl methyl sites for hydroxylation is 1. The van der Waals surface area contributed by atoms with Crippen molar-refractivity contribution in [2.75, 3.05) is 25.6 Å². The summed E-state index contributed by atoms with van der Waals surface area (Å²) in [5.41, 5.74) is 1.79. The standard InChI is InChI=1S/C11H16N4O2/c1-8-4-3-5-10-13-11(14-15(8)10)12-9(6-16)7-17-2/h3-5,9,16H,6-7H2,1-2H3,(H,12,14). The van der Waals surface area contributed by atoms with Gasteiger partial charge in [-0.3, -0.25) is 0 Å². The Kier molecular flexibility index (Phi) is 3.55. The van der Waals surface area contributed by atoms with Gasteiger partial charge in [0.1, 0.15) is 0 Å². The summed E-state index contributed by atoms with van der Waals surface area (Å²) < 4.78 is 6.73. The fourth-order valence-electron chi connectivity index (χ4n) is 1.62. The van der Waals surface area contributed by atoms with E-state index in [1.807, 2.05) is 25.1 Å². The third kappa shape index (κ3) is 2.54. The van der Waals surface area contributed by atoms with Crippen molar-refractivity contribution in [3.8, 4) is 0 Å². The summed E-state index contributed by atoms with van der Waals surface area (Å²) in [5, 5.41) is 16.5. The Morgan fingerprint density at radius 3 is 3.00 bits per heavy atom. The molecule has 2 aromatic heterocycles. The summed E-state index contributed by atoms with van der Waals surface area (Å²) in [4.78, 5) is 4.32. The van der Waals surface area contributed by atoms with Crippen LogP contribution in [0.5, 0.6) is 0 Å². The lowest BCUT2D eigenvalue weighted by Gasteiger charge is -2.12. The molecule has 6 nitrogen and oxygen atoms in total. The molecule has 2 aromatic rings. The largest absolute Gasteiger partial charge is 0.394 e. The van der Waals surface area contributed by atoms with Crippen LogP contribution in [-0.2, 0) is 4.74 Å². The Bertz CT molecular complexity index is 497. The molecular formula is C11H16N4O2. The molecule has 0 spiro atoms. The first kappa shape index (κ1) is 11.8. The van der Waals surface area contributed by atoms with Crippen molar-refractivity contribution in [1.82, 2.24) is 14.6 Å². The van der Waals surface area contributed by atoms with E-state index < -0.39 is 0 Å². The van der Waals surface area contributed by atoms with E-state index in [1.54, 1.807) is 11.6 Å². The average molecular weight is 236 g/mol. The van der Waals surface area contributed by atoms with Crippen LogP contribution < -0.4 is 5.32 Å². The molecule has 2 N–H and O–H groups in total. The number of pyridine rings is 1. The van der Waals surface area contributed by atoms with E-state index in [0.717, 1.165) is 11.3 Å². The number of aliphatic hydroxyl groups excluding tert-OH is 1. The number of nitrogens with one attached hydrogen (secondary N) is 1. The molecule has 2 heterocycles. The fourth-order valence-corrected chi connectivity index (χ4v) is 1.62. The maximum Gasteiger partial charge on any atom is 0.243 e. The summed E-state index contributed by atoms with van der Waals surface area (Å²) in [7, 11) is 1.59. The van der Waals surface area contributed by atoms with E-state index in [2.05, 4.69) is 15.4 Å². The number of fused-ring (bicyclic) bond motifs is 1. The fraction of sp³-hybridized carbons (Fsp3) is 0.455. The van der Waals surface area contributed by atoms with Gasteiger partial charge in [-0.15, -0.1) is 5.10 Å². The first-order valence-corrected chi connectivity index (χ1v) is 5.43. The monoisotopic (exact) mass is 236 g/mol. The molecule has 0 bridgehead atoms. The van der Waals surface area contributed by atoms with Crippen LogP contribution in [0.2, 0.25) is 0 Å². The van der Waals surface area contributed by atoms with Crippen LogP contribution in [0.25, 0.3) is 5.65 Å². The third-order valence-corrected chi connectivity index (χ3v) is 2.47. The van der Waals surface area contributed by atoms with Crippen LogP contribution in [0.3, 0.4) is 0 Å². The summed E-state index contributed by atoms with van der Waals surface area (Å²) >= 11 is 0. The van der Waals surface area contributed by atoms with Crippen molar-refractivity contribution in [2.24, 2.45) is 0 Å². The van der Waals surface area contributed by atoms with Gasteiger partial charge in [-0.05, 0) is 19.1 Å². The van der Waals surface area contributed by atoms with E-state index in [0.29, 0.717) is 12.6 Å². The molecule has 0 fully saturated rings. The topological polar surface area (TPSA) is 71.7 Å².